The molecule has 1 unspecified atom stereocenters. The maximum absolute atomic E-state index is 6.12. The topological polar surface area (TPSA) is 73.1 Å². The fourth-order valence-corrected chi connectivity index (χ4v) is 4.10. The zero-order chi connectivity index (χ0) is 17.4. The molecule has 2 aliphatic rings. The van der Waals surface area contributed by atoms with Crippen LogP contribution in [-0.4, -0.2) is 15.6 Å². The van der Waals surface area contributed by atoms with E-state index in [0.29, 0.717) is 17.4 Å². The van der Waals surface area contributed by atoms with Crippen LogP contribution in [0.3, 0.4) is 0 Å². The number of nitrogen functional groups attached to an aromatic ring is 1. The molecule has 2 aromatic rings. The van der Waals surface area contributed by atoms with E-state index in [1.54, 1.807) is 0 Å². The highest BCUT2D eigenvalue weighted by molar-refractivity contribution is 5.69. The number of aromatic nitrogens is 2. The van der Waals surface area contributed by atoms with E-state index < -0.39 is 5.60 Å². The first-order chi connectivity index (χ1) is 12.0. The van der Waals surface area contributed by atoms with E-state index in [9.17, 15) is 0 Å². The van der Waals surface area contributed by atoms with Gasteiger partial charge in [-0.15, -0.1) is 0 Å². The van der Waals surface area contributed by atoms with Crippen LogP contribution in [0.25, 0.3) is 0 Å². The fraction of sp³-hybridized carbons (Fsp3) is 0.500. The maximum atomic E-state index is 6.12. The molecule has 5 heteroatoms. The van der Waals surface area contributed by atoms with Crippen molar-refractivity contribution in [3.63, 3.8) is 0 Å². The number of hydrogen-bond acceptors (Lipinski definition) is 5. The molecule has 1 fully saturated rings. The Morgan fingerprint density at radius 3 is 2.44 bits per heavy atom. The van der Waals surface area contributed by atoms with Gasteiger partial charge in [-0.25, -0.2) is 4.98 Å². The Bertz CT molecular complexity index is 751. The molecule has 1 saturated carbocycles. The molecule has 0 spiro atoms. The van der Waals surface area contributed by atoms with Gasteiger partial charge < -0.3 is 15.8 Å². The number of rotatable bonds is 2. The maximum Gasteiger partial charge on any atom is 0.243 e. The average Bonchev–Trinajstić information content (AvgIpc) is 2.62. The first-order valence-corrected chi connectivity index (χ1v) is 9.20. The largest absolute Gasteiger partial charge is 0.467 e. The third kappa shape index (κ3) is 3.03. The number of nitrogens with two attached hydrogens (primary N) is 1. The van der Waals surface area contributed by atoms with Crippen LogP contribution in [0.2, 0.25) is 0 Å². The number of hydrogen-bond donors (Lipinski definition) is 2. The highest BCUT2D eigenvalue weighted by Gasteiger charge is 2.39. The van der Waals surface area contributed by atoms with Crippen molar-refractivity contribution in [1.82, 2.24) is 9.97 Å². The zero-order valence-electron chi connectivity index (χ0n) is 15.0. The van der Waals surface area contributed by atoms with Gasteiger partial charge in [0.2, 0.25) is 5.88 Å². The number of fused-ring (bicyclic) bond motifs is 1. The summed E-state index contributed by atoms with van der Waals surface area (Å²) in [5.41, 5.74) is 8.90. The first-order valence-electron chi connectivity index (χ1n) is 9.20. The standard InChI is InChI=1S/C20H26N4O/c1-20(2)17(24-16-18(21)22-12-23-19(16)25-20)15-10-8-14(9-11-15)13-6-4-3-5-7-13/h8-13,17,24H,3-7H2,1-2H3,(H2,21,22,23). The number of nitrogens with zero attached hydrogens (tertiary/aromatic N) is 2. The van der Waals surface area contributed by atoms with Crippen molar-refractivity contribution in [2.75, 3.05) is 11.1 Å². The van der Waals surface area contributed by atoms with Crippen molar-refractivity contribution < 1.29 is 4.74 Å². The monoisotopic (exact) mass is 338 g/mol. The van der Waals surface area contributed by atoms with Crippen LogP contribution in [0.15, 0.2) is 30.6 Å². The Balaban J connectivity index is 1.61. The molecule has 0 amide bonds. The molecule has 25 heavy (non-hydrogen) atoms. The van der Waals surface area contributed by atoms with Gasteiger partial charge in [0, 0.05) is 0 Å². The molecule has 2 heterocycles. The van der Waals surface area contributed by atoms with Crippen LogP contribution < -0.4 is 15.8 Å². The summed E-state index contributed by atoms with van der Waals surface area (Å²) < 4.78 is 6.12. The summed E-state index contributed by atoms with van der Waals surface area (Å²) in [6.45, 7) is 4.14. The minimum atomic E-state index is -0.430. The Kier molecular flexibility index (Phi) is 4.02. The van der Waals surface area contributed by atoms with Crippen molar-refractivity contribution in [2.24, 2.45) is 0 Å². The minimum Gasteiger partial charge on any atom is -0.467 e. The van der Waals surface area contributed by atoms with Gasteiger partial charge in [-0.2, -0.15) is 4.98 Å². The van der Waals surface area contributed by atoms with Gasteiger partial charge in [-0.1, -0.05) is 43.5 Å². The number of nitrogens with one attached hydrogen (secondary N) is 1. The van der Waals surface area contributed by atoms with Gasteiger partial charge in [0.05, 0.1) is 6.04 Å². The predicted octanol–water partition coefficient (Wildman–Crippen LogP) is 4.43. The summed E-state index contributed by atoms with van der Waals surface area (Å²) in [6.07, 6.45) is 8.16. The second-order valence-corrected chi connectivity index (χ2v) is 7.72. The van der Waals surface area contributed by atoms with Gasteiger partial charge in [0.15, 0.2) is 5.82 Å². The SMILES string of the molecule is CC1(C)Oc2ncnc(N)c2NC1c1ccc(C2CCCCC2)cc1. The second kappa shape index (κ2) is 6.21. The van der Waals surface area contributed by atoms with E-state index in [1.165, 1.54) is 49.6 Å². The Labute approximate surface area is 149 Å². The Hall–Kier alpha value is -2.30. The molecule has 0 radical (unpaired) electrons. The molecule has 1 aliphatic carbocycles. The summed E-state index contributed by atoms with van der Waals surface area (Å²) in [5.74, 6) is 1.66. The third-order valence-electron chi connectivity index (χ3n) is 5.53. The van der Waals surface area contributed by atoms with E-state index in [2.05, 4.69) is 53.4 Å². The molecule has 5 nitrogen and oxygen atoms in total. The minimum absolute atomic E-state index is 0.00583. The van der Waals surface area contributed by atoms with Crippen molar-refractivity contribution in [3.05, 3.63) is 41.7 Å². The molecule has 0 bridgehead atoms. The number of anilines is 2. The van der Waals surface area contributed by atoms with E-state index in [4.69, 9.17) is 10.5 Å². The molecular formula is C20H26N4O. The number of ether oxygens (including phenoxy) is 1. The summed E-state index contributed by atoms with van der Waals surface area (Å²) in [5, 5.41) is 3.50. The van der Waals surface area contributed by atoms with Gasteiger partial charge in [-0.05, 0) is 43.7 Å². The quantitative estimate of drug-likeness (QED) is 0.847. The Morgan fingerprint density at radius 2 is 1.72 bits per heavy atom. The van der Waals surface area contributed by atoms with E-state index >= 15 is 0 Å². The smallest absolute Gasteiger partial charge is 0.243 e. The Morgan fingerprint density at radius 1 is 1.04 bits per heavy atom. The highest BCUT2D eigenvalue weighted by Crippen LogP contribution is 2.43. The molecular weight excluding hydrogens is 312 g/mol. The van der Waals surface area contributed by atoms with Crippen LogP contribution >= 0.6 is 0 Å². The van der Waals surface area contributed by atoms with Crippen LogP contribution in [0, 0.1) is 0 Å². The average molecular weight is 338 g/mol. The lowest BCUT2D eigenvalue weighted by atomic mass is 9.83. The van der Waals surface area contributed by atoms with Gasteiger partial charge in [0.1, 0.15) is 17.6 Å². The lowest BCUT2D eigenvalue weighted by Crippen LogP contribution is -2.44. The van der Waals surface area contributed by atoms with Gasteiger partial charge in [-0.3, -0.25) is 0 Å². The van der Waals surface area contributed by atoms with Crippen molar-refractivity contribution in [3.8, 4) is 5.88 Å². The summed E-state index contributed by atoms with van der Waals surface area (Å²) in [6, 6.07) is 9.00. The molecule has 0 saturated heterocycles. The van der Waals surface area contributed by atoms with E-state index in [-0.39, 0.29) is 6.04 Å². The van der Waals surface area contributed by atoms with Crippen LogP contribution in [-0.2, 0) is 0 Å². The van der Waals surface area contributed by atoms with Crippen LogP contribution in [0.4, 0.5) is 11.5 Å². The molecule has 3 N–H and O–H groups in total. The van der Waals surface area contributed by atoms with Crippen LogP contribution in [0.1, 0.15) is 69.0 Å². The van der Waals surface area contributed by atoms with Crippen molar-refractivity contribution in [1.29, 1.82) is 0 Å². The molecule has 4 rings (SSSR count). The molecule has 1 atom stereocenters. The zero-order valence-corrected chi connectivity index (χ0v) is 15.0. The van der Waals surface area contributed by atoms with Crippen LogP contribution in [0.5, 0.6) is 5.88 Å². The van der Waals surface area contributed by atoms with Gasteiger partial charge >= 0.3 is 0 Å². The normalized spacial score (nSPS) is 22.6. The predicted molar refractivity (Wildman–Crippen MR) is 99.8 cm³/mol. The van der Waals surface area contributed by atoms with E-state index in [1.807, 2.05) is 0 Å². The van der Waals surface area contributed by atoms with Crippen molar-refractivity contribution >= 4 is 11.5 Å². The summed E-state index contributed by atoms with van der Waals surface area (Å²) >= 11 is 0. The summed E-state index contributed by atoms with van der Waals surface area (Å²) in [4.78, 5) is 8.27. The number of benzene rings is 1. The third-order valence-corrected chi connectivity index (χ3v) is 5.53. The lowest BCUT2D eigenvalue weighted by Gasteiger charge is -2.40. The molecule has 1 aliphatic heterocycles. The van der Waals surface area contributed by atoms with E-state index in [0.717, 1.165) is 5.92 Å². The fourth-order valence-electron chi connectivity index (χ4n) is 4.10. The molecule has 1 aromatic heterocycles. The van der Waals surface area contributed by atoms with Gasteiger partial charge in [0.25, 0.3) is 0 Å². The first kappa shape index (κ1) is 16.2. The van der Waals surface area contributed by atoms with Crippen molar-refractivity contribution in [2.45, 2.75) is 63.5 Å². The molecule has 132 valence electrons. The summed E-state index contributed by atoms with van der Waals surface area (Å²) in [7, 11) is 0. The second-order valence-electron chi connectivity index (χ2n) is 7.72. The highest BCUT2D eigenvalue weighted by atomic mass is 16.5. The lowest BCUT2D eigenvalue weighted by molar-refractivity contribution is 0.0722. The molecule has 1 aromatic carbocycles.